The van der Waals surface area contributed by atoms with E-state index in [0.717, 1.165) is 35.2 Å². The molecule has 12 heteroatoms. The number of fused-ring (bicyclic) bond motifs is 3. The Balaban J connectivity index is 1.51. The van der Waals surface area contributed by atoms with Crippen molar-refractivity contribution in [1.29, 1.82) is 0 Å². The van der Waals surface area contributed by atoms with E-state index >= 15 is 0 Å². The lowest BCUT2D eigenvalue weighted by atomic mass is 9.75. The third-order valence-electron chi connectivity index (χ3n) is 6.23. The monoisotopic (exact) mass is 522 g/mol. The van der Waals surface area contributed by atoms with Crippen molar-refractivity contribution in [1.82, 2.24) is 5.32 Å². The summed E-state index contributed by atoms with van der Waals surface area (Å²) in [6.07, 6.45) is -0.878. The minimum absolute atomic E-state index is 0.00188. The molecule has 0 unspecified atom stereocenters. The molecule has 6 nitrogen and oxygen atoms in total. The van der Waals surface area contributed by atoms with Crippen LogP contribution in [0.1, 0.15) is 33.7 Å². The number of nitrogens with one attached hydrogen (secondary N) is 1. The molecule has 190 valence electrons. The van der Waals surface area contributed by atoms with Gasteiger partial charge in [-0.2, -0.15) is 8.42 Å². The van der Waals surface area contributed by atoms with Gasteiger partial charge in [-0.3, -0.25) is 0 Å². The van der Waals surface area contributed by atoms with E-state index in [0.29, 0.717) is 0 Å². The molecule has 1 aliphatic rings. The van der Waals surface area contributed by atoms with Crippen molar-refractivity contribution in [3.8, 4) is 16.9 Å². The second kappa shape index (κ2) is 9.49. The Morgan fingerprint density at radius 2 is 1.53 bits per heavy atom. The van der Waals surface area contributed by atoms with Gasteiger partial charge in [-0.05, 0) is 52.8 Å². The summed E-state index contributed by atoms with van der Waals surface area (Å²) in [5, 5.41) is 2.38. The van der Waals surface area contributed by atoms with Gasteiger partial charge in [0.25, 0.3) is 0 Å². The maximum atomic E-state index is 13.6. The summed E-state index contributed by atoms with van der Waals surface area (Å²) >= 11 is 0. The summed E-state index contributed by atoms with van der Waals surface area (Å²) in [5.41, 5.74) is 2.19. The molecule has 3 aromatic rings. The van der Waals surface area contributed by atoms with Crippen LogP contribution in [-0.2, 0) is 21.8 Å². The highest BCUT2D eigenvalue weighted by atomic mass is 32.3. The van der Waals surface area contributed by atoms with Crippen LogP contribution in [0.5, 0.6) is 5.75 Å². The van der Waals surface area contributed by atoms with Crippen molar-refractivity contribution in [2.75, 3.05) is 6.61 Å². The first-order valence-corrected chi connectivity index (χ1v) is 12.2. The van der Waals surface area contributed by atoms with Crippen LogP contribution in [0.3, 0.4) is 0 Å². The number of hydrogen-bond acceptors (Lipinski definition) is 5. The van der Waals surface area contributed by atoms with Crippen molar-refractivity contribution < 1.29 is 39.0 Å². The molecule has 4 rings (SSSR count). The normalized spacial score (nSPS) is 13.2. The number of ether oxygens (including phenoxy) is 1. The Hall–Kier alpha value is -3.54. The minimum Gasteiger partial charge on any atom is -0.449 e. The molecule has 0 atom stereocenters. The van der Waals surface area contributed by atoms with Crippen LogP contribution in [0, 0.1) is 13.8 Å². The topological polar surface area (TPSA) is 81.7 Å². The fourth-order valence-electron chi connectivity index (χ4n) is 4.53. The molecule has 3 aromatic carbocycles. The first kappa shape index (κ1) is 25.6. The molecule has 0 bridgehead atoms. The Morgan fingerprint density at radius 1 is 0.972 bits per heavy atom. The minimum atomic E-state index is -5.57. The lowest BCUT2D eigenvalue weighted by Gasteiger charge is -2.23. The van der Waals surface area contributed by atoms with Crippen LogP contribution in [0.15, 0.2) is 54.6 Å². The van der Waals surface area contributed by atoms with Gasteiger partial charge in [0.15, 0.2) is 0 Å². The maximum Gasteiger partial charge on any atom is 0.510 e. The second-order valence-electron chi connectivity index (χ2n) is 8.43. The lowest BCUT2D eigenvalue weighted by Crippen LogP contribution is -2.38. The second-order valence-corrected chi connectivity index (χ2v) is 9.39. The third-order valence-corrected chi connectivity index (χ3v) is 6.59. The highest BCUT2D eigenvalue weighted by molar-refractivity contribution is 7.81. The van der Waals surface area contributed by atoms with E-state index in [1.807, 2.05) is 48.5 Å². The molecular formula is C24H21BF4NO5S-. The number of rotatable bonds is 7. The molecule has 0 saturated heterocycles. The van der Waals surface area contributed by atoms with Gasteiger partial charge in [-0.15, -0.1) is 5.46 Å². The lowest BCUT2D eigenvalue weighted by molar-refractivity contribution is 0.142. The SMILES string of the molecule is Cc1c(CNC(=O)OCC2c3ccccc3-c3ccccc32)cc([B-](F)(F)F)c(C)c1OS(=O)(=O)F. The largest absolute Gasteiger partial charge is 0.510 e. The summed E-state index contributed by atoms with van der Waals surface area (Å²) < 4.78 is 85.4. The van der Waals surface area contributed by atoms with Crippen LogP contribution in [0.2, 0.25) is 0 Å². The molecule has 0 heterocycles. The van der Waals surface area contributed by atoms with E-state index in [2.05, 4.69) is 9.50 Å². The summed E-state index contributed by atoms with van der Waals surface area (Å²) in [7, 11) is -5.57. The van der Waals surface area contributed by atoms with E-state index < -0.39 is 46.9 Å². The first-order chi connectivity index (χ1) is 16.9. The van der Waals surface area contributed by atoms with Gasteiger partial charge in [0.2, 0.25) is 0 Å². The highest BCUT2D eigenvalue weighted by Crippen LogP contribution is 2.44. The number of hydrogen-bond donors (Lipinski definition) is 1. The fraction of sp³-hybridized carbons (Fsp3) is 0.208. The van der Waals surface area contributed by atoms with Crippen LogP contribution in [0.25, 0.3) is 11.1 Å². The van der Waals surface area contributed by atoms with Gasteiger partial charge in [0, 0.05) is 12.5 Å². The molecule has 0 spiro atoms. The first-order valence-electron chi connectivity index (χ1n) is 10.9. The molecule has 36 heavy (non-hydrogen) atoms. The summed E-state index contributed by atoms with van der Waals surface area (Å²) in [5.74, 6) is -0.975. The molecular weight excluding hydrogens is 501 g/mol. The maximum absolute atomic E-state index is 13.6. The van der Waals surface area contributed by atoms with Crippen molar-refractivity contribution in [3.05, 3.63) is 82.4 Å². The number of halogens is 4. The van der Waals surface area contributed by atoms with E-state index in [1.54, 1.807) is 0 Å². The number of carbonyl (C=O) groups excluding carboxylic acids is 1. The van der Waals surface area contributed by atoms with Crippen molar-refractivity contribution in [3.63, 3.8) is 0 Å². The van der Waals surface area contributed by atoms with E-state index in [9.17, 15) is 30.0 Å². The third kappa shape index (κ3) is 5.18. The average Bonchev–Trinajstić information content (AvgIpc) is 3.12. The predicted molar refractivity (Wildman–Crippen MR) is 127 cm³/mol. The van der Waals surface area contributed by atoms with Crippen LogP contribution < -0.4 is 15.0 Å². The number of alkyl carbamates (subject to hydrolysis) is 1. The van der Waals surface area contributed by atoms with Crippen LogP contribution >= 0.6 is 0 Å². The Labute approximate surface area is 205 Å². The van der Waals surface area contributed by atoms with Gasteiger partial charge in [0.1, 0.15) is 12.4 Å². The zero-order valence-corrected chi connectivity index (χ0v) is 20.0. The predicted octanol–water partition coefficient (Wildman–Crippen LogP) is 4.99. The summed E-state index contributed by atoms with van der Waals surface area (Å²) in [6.45, 7) is -3.74. The number of benzene rings is 3. The quantitative estimate of drug-likeness (QED) is 0.269. The molecule has 0 aromatic heterocycles. The van der Waals surface area contributed by atoms with Crippen LogP contribution in [-0.4, -0.2) is 28.1 Å². The Kier molecular flexibility index (Phi) is 6.74. The van der Waals surface area contributed by atoms with Gasteiger partial charge in [0.05, 0.1) is 0 Å². The average molecular weight is 522 g/mol. The van der Waals surface area contributed by atoms with Gasteiger partial charge in [-0.1, -0.05) is 58.5 Å². The Bertz CT molecular complexity index is 1400. The van der Waals surface area contributed by atoms with E-state index in [4.69, 9.17) is 4.74 Å². The van der Waals surface area contributed by atoms with Crippen molar-refractivity contribution in [2.24, 2.45) is 0 Å². The van der Waals surface area contributed by atoms with E-state index in [1.165, 1.54) is 6.92 Å². The highest BCUT2D eigenvalue weighted by Gasteiger charge is 2.32. The molecule has 0 radical (unpaired) electrons. The zero-order valence-electron chi connectivity index (χ0n) is 19.2. The number of amides is 1. The molecule has 1 N–H and O–H groups in total. The zero-order chi connectivity index (χ0) is 26.3. The summed E-state index contributed by atoms with van der Waals surface area (Å²) in [6, 6.07) is 16.2. The van der Waals surface area contributed by atoms with Crippen molar-refractivity contribution >= 4 is 29.0 Å². The molecule has 0 fully saturated rings. The molecule has 1 aliphatic carbocycles. The molecule has 1 amide bonds. The Morgan fingerprint density at radius 3 is 2.06 bits per heavy atom. The van der Waals surface area contributed by atoms with Gasteiger partial charge >= 0.3 is 23.6 Å². The fourth-order valence-corrected chi connectivity index (χ4v) is 4.98. The molecule has 0 aliphatic heterocycles. The smallest absolute Gasteiger partial charge is 0.449 e. The molecule has 0 saturated carbocycles. The van der Waals surface area contributed by atoms with Crippen molar-refractivity contribution in [2.45, 2.75) is 26.3 Å². The van der Waals surface area contributed by atoms with Gasteiger partial charge in [-0.25, -0.2) is 4.79 Å². The van der Waals surface area contributed by atoms with Crippen LogP contribution in [0.4, 0.5) is 21.6 Å². The summed E-state index contributed by atoms with van der Waals surface area (Å²) in [4.78, 5) is 12.4. The number of carbonyl (C=O) groups is 1. The standard InChI is InChI=1S/C24H21BF4NO5S/c1-14-16(11-22(25(26,27)28)15(2)23(14)35-36(29,32)33)12-30-24(31)34-13-21-19-9-5-3-7-17(19)18-8-4-6-10-20(18)21/h3-11,21H,12-13H2,1-2H3,(H,30,31)/q-1. The van der Waals surface area contributed by atoms with E-state index in [-0.39, 0.29) is 23.7 Å². The van der Waals surface area contributed by atoms with Gasteiger partial charge < -0.3 is 27.2 Å².